The van der Waals surface area contributed by atoms with Crippen molar-refractivity contribution >= 4 is 11.8 Å². The van der Waals surface area contributed by atoms with Crippen LogP contribution < -0.4 is 0 Å². The quantitative estimate of drug-likeness (QED) is 0.534. The summed E-state index contributed by atoms with van der Waals surface area (Å²) in [6, 6.07) is 0. The molecule has 1 aliphatic rings. The second-order valence-corrected chi connectivity index (χ2v) is 3.49. The van der Waals surface area contributed by atoms with Gasteiger partial charge < -0.3 is 0 Å². The predicted molar refractivity (Wildman–Crippen MR) is 44.9 cm³/mol. The standard InChI is InChI=1S/C8H14S/c1-9-7-8-5-3-2-4-6-8/h3,5,8H,2,4,6-7H2,1H3. The molecule has 1 aliphatic carbocycles. The van der Waals surface area contributed by atoms with Crippen LogP contribution in [0.2, 0.25) is 0 Å². The van der Waals surface area contributed by atoms with Crippen LogP contribution in [-0.2, 0) is 0 Å². The van der Waals surface area contributed by atoms with E-state index in [-0.39, 0.29) is 0 Å². The molecule has 52 valence electrons. The topological polar surface area (TPSA) is 0 Å². The fourth-order valence-electron chi connectivity index (χ4n) is 1.24. The Hall–Kier alpha value is 0.0900. The summed E-state index contributed by atoms with van der Waals surface area (Å²) < 4.78 is 0. The number of hydrogen-bond acceptors (Lipinski definition) is 1. The Morgan fingerprint density at radius 1 is 1.67 bits per heavy atom. The molecule has 0 fully saturated rings. The maximum Gasteiger partial charge on any atom is -0.000724 e. The maximum atomic E-state index is 2.38. The van der Waals surface area contributed by atoms with Gasteiger partial charge in [-0.2, -0.15) is 11.8 Å². The summed E-state index contributed by atoms with van der Waals surface area (Å²) in [5, 5.41) is 0. The van der Waals surface area contributed by atoms with E-state index in [1.807, 2.05) is 11.8 Å². The first-order valence-electron chi connectivity index (χ1n) is 3.59. The normalized spacial score (nSPS) is 26.6. The van der Waals surface area contributed by atoms with Gasteiger partial charge in [-0.25, -0.2) is 0 Å². The van der Waals surface area contributed by atoms with Crippen molar-refractivity contribution in [1.82, 2.24) is 0 Å². The van der Waals surface area contributed by atoms with Crippen molar-refractivity contribution in [2.75, 3.05) is 12.0 Å². The van der Waals surface area contributed by atoms with Crippen LogP contribution in [0.4, 0.5) is 0 Å². The molecule has 0 heterocycles. The van der Waals surface area contributed by atoms with E-state index in [0.717, 1.165) is 5.92 Å². The van der Waals surface area contributed by atoms with E-state index >= 15 is 0 Å². The summed E-state index contributed by atoms with van der Waals surface area (Å²) in [4.78, 5) is 0. The fourth-order valence-corrected chi connectivity index (χ4v) is 1.94. The van der Waals surface area contributed by atoms with E-state index in [4.69, 9.17) is 0 Å². The molecule has 1 unspecified atom stereocenters. The Balaban J connectivity index is 2.23. The molecule has 1 atom stereocenters. The van der Waals surface area contributed by atoms with Gasteiger partial charge >= 0.3 is 0 Å². The van der Waals surface area contributed by atoms with E-state index in [1.54, 1.807) is 0 Å². The molecule has 0 aromatic carbocycles. The van der Waals surface area contributed by atoms with Crippen LogP contribution >= 0.6 is 11.8 Å². The first kappa shape index (κ1) is 7.20. The minimum absolute atomic E-state index is 0.883. The molecule has 0 nitrogen and oxygen atoms in total. The average Bonchev–Trinajstić information content (AvgIpc) is 1.91. The van der Waals surface area contributed by atoms with E-state index < -0.39 is 0 Å². The highest BCUT2D eigenvalue weighted by Crippen LogP contribution is 2.19. The number of hydrogen-bond donors (Lipinski definition) is 0. The number of rotatable bonds is 2. The van der Waals surface area contributed by atoms with Crippen LogP contribution in [0.1, 0.15) is 19.3 Å². The zero-order valence-electron chi connectivity index (χ0n) is 5.97. The summed E-state index contributed by atoms with van der Waals surface area (Å²) in [7, 11) is 0. The molecule has 0 saturated heterocycles. The molecule has 1 heteroatoms. The van der Waals surface area contributed by atoms with Crippen molar-refractivity contribution in [2.24, 2.45) is 5.92 Å². The van der Waals surface area contributed by atoms with Crippen molar-refractivity contribution in [1.29, 1.82) is 0 Å². The van der Waals surface area contributed by atoms with Crippen molar-refractivity contribution in [3.63, 3.8) is 0 Å². The second-order valence-electron chi connectivity index (χ2n) is 2.57. The predicted octanol–water partition coefficient (Wildman–Crippen LogP) is 2.71. The van der Waals surface area contributed by atoms with Crippen molar-refractivity contribution in [3.05, 3.63) is 12.2 Å². The molecule has 0 N–H and O–H groups in total. The smallest absolute Gasteiger partial charge is 0.000724 e. The van der Waals surface area contributed by atoms with Gasteiger partial charge in [0.2, 0.25) is 0 Å². The SMILES string of the molecule is CSCC1C=CCCC1. The summed E-state index contributed by atoms with van der Waals surface area (Å²) >= 11 is 1.96. The molecule has 0 saturated carbocycles. The molecule has 0 amide bonds. The van der Waals surface area contributed by atoms with Crippen LogP contribution in [0.3, 0.4) is 0 Å². The van der Waals surface area contributed by atoms with Gasteiger partial charge in [-0.1, -0.05) is 12.2 Å². The van der Waals surface area contributed by atoms with E-state index in [9.17, 15) is 0 Å². The van der Waals surface area contributed by atoms with Gasteiger partial charge in [-0.05, 0) is 37.2 Å². The van der Waals surface area contributed by atoms with E-state index in [2.05, 4.69) is 18.4 Å². The summed E-state index contributed by atoms with van der Waals surface area (Å²) in [6.07, 6.45) is 11.0. The molecule has 1 rings (SSSR count). The highest BCUT2D eigenvalue weighted by atomic mass is 32.2. The lowest BCUT2D eigenvalue weighted by atomic mass is 9.98. The van der Waals surface area contributed by atoms with Crippen molar-refractivity contribution < 1.29 is 0 Å². The lowest BCUT2D eigenvalue weighted by Crippen LogP contribution is -2.02. The van der Waals surface area contributed by atoms with Crippen LogP contribution in [0.5, 0.6) is 0 Å². The molecular weight excluding hydrogens is 128 g/mol. The zero-order chi connectivity index (χ0) is 6.53. The Morgan fingerprint density at radius 2 is 2.56 bits per heavy atom. The Labute approximate surface area is 61.7 Å². The second kappa shape index (κ2) is 3.99. The highest BCUT2D eigenvalue weighted by molar-refractivity contribution is 7.98. The lowest BCUT2D eigenvalue weighted by Gasteiger charge is -2.13. The molecule has 9 heavy (non-hydrogen) atoms. The van der Waals surface area contributed by atoms with Crippen LogP contribution in [0, 0.1) is 5.92 Å². The van der Waals surface area contributed by atoms with Gasteiger partial charge in [0.1, 0.15) is 0 Å². The monoisotopic (exact) mass is 142 g/mol. The van der Waals surface area contributed by atoms with Crippen LogP contribution in [0.25, 0.3) is 0 Å². The lowest BCUT2D eigenvalue weighted by molar-refractivity contribution is 0.592. The summed E-state index contributed by atoms with van der Waals surface area (Å²) in [5.74, 6) is 2.20. The van der Waals surface area contributed by atoms with Gasteiger partial charge in [0.05, 0.1) is 0 Å². The molecule has 0 aliphatic heterocycles. The maximum absolute atomic E-state index is 2.38. The first-order valence-corrected chi connectivity index (χ1v) is 4.98. The molecular formula is C8H14S. The largest absolute Gasteiger partial charge is 0.165 e. The Bertz CT molecular complexity index is 96.7. The molecule has 0 spiro atoms. The fraction of sp³-hybridized carbons (Fsp3) is 0.750. The van der Waals surface area contributed by atoms with E-state index in [1.165, 1.54) is 25.0 Å². The van der Waals surface area contributed by atoms with Crippen LogP contribution in [0.15, 0.2) is 12.2 Å². The molecule has 0 bridgehead atoms. The Kier molecular flexibility index (Phi) is 3.20. The summed E-state index contributed by atoms with van der Waals surface area (Å²) in [6.45, 7) is 0. The Morgan fingerprint density at radius 3 is 3.11 bits per heavy atom. The van der Waals surface area contributed by atoms with Gasteiger partial charge in [0.25, 0.3) is 0 Å². The molecule has 0 radical (unpaired) electrons. The van der Waals surface area contributed by atoms with Crippen LogP contribution in [-0.4, -0.2) is 12.0 Å². The van der Waals surface area contributed by atoms with Crippen molar-refractivity contribution in [2.45, 2.75) is 19.3 Å². The van der Waals surface area contributed by atoms with Crippen molar-refractivity contribution in [3.8, 4) is 0 Å². The third-order valence-corrected chi connectivity index (χ3v) is 2.50. The zero-order valence-corrected chi connectivity index (χ0v) is 6.79. The molecule has 0 aromatic heterocycles. The number of allylic oxidation sites excluding steroid dienone is 2. The summed E-state index contributed by atoms with van der Waals surface area (Å²) in [5.41, 5.74) is 0. The average molecular weight is 142 g/mol. The van der Waals surface area contributed by atoms with Gasteiger partial charge in [0.15, 0.2) is 0 Å². The van der Waals surface area contributed by atoms with E-state index in [0.29, 0.717) is 0 Å². The minimum Gasteiger partial charge on any atom is -0.165 e. The van der Waals surface area contributed by atoms with Gasteiger partial charge in [-0.15, -0.1) is 0 Å². The van der Waals surface area contributed by atoms with Gasteiger partial charge in [-0.3, -0.25) is 0 Å². The highest BCUT2D eigenvalue weighted by Gasteiger charge is 2.05. The number of thioether (sulfide) groups is 1. The minimum atomic E-state index is 0.883. The third-order valence-electron chi connectivity index (χ3n) is 1.73. The molecule has 0 aromatic rings. The third kappa shape index (κ3) is 2.44. The first-order chi connectivity index (χ1) is 4.43. The van der Waals surface area contributed by atoms with Gasteiger partial charge in [0, 0.05) is 0 Å².